The fraction of sp³-hybridized carbons (Fsp3) is 0.500. The van der Waals surface area contributed by atoms with Crippen molar-refractivity contribution in [3.05, 3.63) is 48.0 Å². The first-order chi connectivity index (χ1) is 12.3. The van der Waals surface area contributed by atoms with Crippen LogP contribution in [0.5, 0.6) is 0 Å². The van der Waals surface area contributed by atoms with Crippen molar-refractivity contribution in [2.24, 2.45) is 0 Å². The van der Waals surface area contributed by atoms with E-state index in [9.17, 15) is 4.79 Å². The zero-order valence-corrected chi connectivity index (χ0v) is 14.1. The van der Waals surface area contributed by atoms with Gasteiger partial charge in [-0.2, -0.15) is 5.10 Å². The lowest BCUT2D eigenvalue weighted by Gasteiger charge is -2.35. The quantitative estimate of drug-likeness (QED) is 0.840. The fourth-order valence-electron chi connectivity index (χ4n) is 3.35. The molecule has 2 aliphatic rings. The monoisotopic (exact) mass is 342 g/mol. The van der Waals surface area contributed by atoms with Crippen molar-refractivity contribution in [1.82, 2.24) is 19.7 Å². The highest BCUT2D eigenvalue weighted by Gasteiger charge is 2.36. The molecule has 1 amide bonds. The third kappa shape index (κ3) is 3.57. The van der Waals surface area contributed by atoms with Crippen molar-refractivity contribution >= 4 is 5.91 Å². The number of rotatable bonds is 4. The van der Waals surface area contributed by atoms with E-state index in [1.54, 1.807) is 11.0 Å². The topological polar surface area (TPSA) is 69.5 Å². The molecule has 2 atom stereocenters. The first-order valence-electron chi connectivity index (χ1n) is 8.74. The van der Waals surface area contributed by atoms with Crippen LogP contribution in [0.4, 0.5) is 0 Å². The van der Waals surface area contributed by atoms with Crippen LogP contribution in [0.3, 0.4) is 0 Å². The molecule has 0 unspecified atom stereocenters. The molecule has 0 radical (unpaired) electrons. The number of carbonyl (C=O) groups is 1. The molecule has 1 aromatic carbocycles. The van der Waals surface area contributed by atoms with Gasteiger partial charge in [-0.25, -0.2) is 9.67 Å². The van der Waals surface area contributed by atoms with Crippen LogP contribution in [-0.4, -0.2) is 58.0 Å². The number of hydrogen-bond donors (Lipinski definition) is 0. The molecule has 2 fully saturated rings. The van der Waals surface area contributed by atoms with Crippen LogP contribution in [0.15, 0.2) is 36.7 Å². The van der Waals surface area contributed by atoms with E-state index in [0.717, 1.165) is 18.4 Å². The maximum atomic E-state index is 12.8. The molecule has 0 bridgehead atoms. The summed E-state index contributed by atoms with van der Waals surface area (Å²) in [7, 11) is 0. The predicted molar refractivity (Wildman–Crippen MR) is 89.8 cm³/mol. The molecule has 1 aromatic heterocycles. The van der Waals surface area contributed by atoms with Gasteiger partial charge in [0.1, 0.15) is 18.5 Å². The lowest BCUT2D eigenvalue weighted by Crippen LogP contribution is -2.47. The molecule has 0 aliphatic carbocycles. The summed E-state index contributed by atoms with van der Waals surface area (Å²) in [6, 6.07) is 9.86. The van der Waals surface area contributed by atoms with Crippen LogP contribution < -0.4 is 0 Å². The Morgan fingerprint density at radius 1 is 1.24 bits per heavy atom. The van der Waals surface area contributed by atoms with Crippen LogP contribution in [-0.2, 0) is 20.8 Å². The van der Waals surface area contributed by atoms with E-state index >= 15 is 0 Å². The van der Waals surface area contributed by atoms with Gasteiger partial charge in [-0.3, -0.25) is 4.79 Å². The van der Waals surface area contributed by atoms with Gasteiger partial charge in [0.15, 0.2) is 5.82 Å². The summed E-state index contributed by atoms with van der Waals surface area (Å²) in [6.45, 7) is 2.83. The number of amides is 1. The van der Waals surface area contributed by atoms with Gasteiger partial charge < -0.3 is 14.4 Å². The second kappa shape index (κ2) is 7.33. The van der Waals surface area contributed by atoms with Gasteiger partial charge >= 0.3 is 0 Å². The van der Waals surface area contributed by atoms with E-state index in [1.165, 1.54) is 0 Å². The Hall–Kier alpha value is -2.25. The molecule has 25 heavy (non-hydrogen) atoms. The molecule has 2 aromatic rings. The average molecular weight is 342 g/mol. The van der Waals surface area contributed by atoms with E-state index in [1.807, 2.05) is 23.1 Å². The molecular formula is C18H22N4O3. The third-order valence-electron chi connectivity index (χ3n) is 4.66. The SMILES string of the molecule is O=C([C@@H]1CCCO1)N1CCOC[C@@H]1c1ncn(Cc2ccccc2)n1. The van der Waals surface area contributed by atoms with Crippen molar-refractivity contribution in [1.29, 1.82) is 0 Å². The molecular weight excluding hydrogens is 320 g/mol. The summed E-state index contributed by atoms with van der Waals surface area (Å²) in [5, 5.41) is 4.58. The first kappa shape index (κ1) is 16.2. The van der Waals surface area contributed by atoms with Gasteiger partial charge in [0.25, 0.3) is 5.91 Å². The average Bonchev–Trinajstić information content (AvgIpc) is 3.34. The highest BCUT2D eigenvalue weighted by Crippen LogP contribution is 2.25. The molecule has 7 nitrogen and oxygen atoms in total. The van der Waals surface area contributed by atoms with Gasteiger partial charge in [0.2, 0.25) is 0 Å². The van der Waals surface area contributed by atoms with Crippen LogP contribution in [0, 0.1) is 0 Å². The van der Waals surface area contributed by atoms with Gasteiger partial charge in [-0.1, -0.05) is 30.3 Å². The summed E-state index contributed by atoms with van der Waals surface area (Å²) in [4.78, 5) is 19.0. The summed E-state index contributed by atoms with van der Waals surface area (Å²) >= 11 is 0. The van der Waals surface area contributed by atoms with Crippen molar-refractivity contribution in [2.45, 2.75) is 31.5 Å². The molecule has 0 saturated carbocycles. The Labute approximate surface area is 146 Å². The summed E-state index contributed by atoms with van der Waals surface area (Å²) in [6.07, 6.45) is 3.12. The van der Waals surface area contributed by atoms with Crippen LogP contribution in [0.2, 0.25) is 0 Å². The predicted octanol–water partition coefficient (Wildman–Crippen LogP) is 1.41. The molecule has 2 aliphatic heterocycles. The highest BCUT2D eigenvalue weighted by molar-refractivity contribution is 5.81. The van der Waals surface area contributed by atoms with Gasteiger partial charge in [-0.05, 0) is 18.4 Å². The van der Waals surface area contributed by atoms with Crippen LogP contribution in [0.25, 0.3) is 0 Å². The zero-order chi connectivity index (χ0) is 17.1. The molecule has 0 N–H and O–H groups in total. The maximum Gasteiger partial charge on any atom is 0.252 e. The molecule has 7 heteroatoms. The molecule has 3 heterocycles. The van der Waals surface area contributed by atoms with E-state index in [-0.39, 0.29) is 18.1 Å². The second-order valence-electron chi connectivity index (χ2n) is 6.41. The standard InChI is InChI=1S/C18H22N4O3/c23-18(16-7-4-9-25-16)22-8-10-24-12-15(22)17-19-13-21(20-17)11-14-5-2-1-3-6-14/h1-3,5-6,13,15-16H,4,7-12H2/t15-,16+/m1/s1. The van der Waals surface area contributed by atoms with E-state index in [0.29, 0.717) is 38.7 Å². The van der Waals surface area contributed by atoms with Crippen LogP contribution >= 0.6 is 0 Å². The minimum Gasteiger partial charge on any atom is -0.377 e. The summed E-state index contributed by atoms with van der Waals surface area (Å²) < 4.78 is 12.9. The number of hydrogen-bond acceptors (Lipinski definition) is 5. The maximum absolute atomic E-state index is 12.8. The van der Waals surface area contributed by atoms with Crippen molar-refractivity contribution in [3.8, 4) is 0 Å². The van der Waals surface area contributed by atoms with Crippen LogP contribution in [0.1, 0.15) is 30.3 Å². The van der Waals surface area contributed by atoms with Gasteiger partial charge in [0, 0.05) is 13.2 Å². The summed E-state index contributed by atoms with van der Waals surface area (Å²) in [5.41, 5.74) is 1.16. The number of ether oxygens (including phenoxy) is 2. The fourth-order valence-corrected chi connectivity index (χ4v) is 3.35. The molecule has 0 spiro atoms. The van der Waals surface area contributed by atoms with Crippen molar-refractivity contribution < 1.29 is 14.3 Å². The largest absolute Gasteiger partial charge is 0.377 e. The molecule has 132 valence electrons. The highest BCUT2D eigenvalue weighted by atomic mass is 16.5. The lowest BCUT2D eigenvalue weighted by atomic mass is 10.1. The lowest BCUT2D eigenvalue weighted by molar-refractivity contribution is -0.150. The Balaban J connectivity index is 1.49. The molecule has 4 rings (SSSR count). The number of benzene rings is 1. The van der Waals surface area contributed by atoms with E-state index in [2.05, 4.69) is 22.2 Å². The van der Waals surface area contributed by atoms with Gasteiger partial charge in [0.05, 0.1) is 19.8 Å². The third-order valence-corrected chi connectivity index (χ3v) is 4.66. The Morgan fingerprint density at radius 2 is 2.12 bits per heavy atom. The number of carbonyl (C=O) groups excluding carboxylic acids is 1. The number of aromatic nitrogens is 3. The first-order valence-corrected chi connectivity index (χ1v) is 8.74. The smallest absolute Gasteiger partial charge is 0.252 e. The minimum atomic E-state index is -0.327. The second-order valence-corrected chi connectivity index (χ2v) is 6.41. The Kier molecular flexibility index (Phi) is 4.76. The Morgan fingerprint density at radius 3 is 2.92 bits per heavy atom. The van der Waals surface area contributed by atoms with E-state index < -0.39 is 0 Å². The molecule has 2 saturated heterocycles. The summed E-state index contributed by atoms with van der Waals surface area (Å²) in [5.74, 6) is 0.659. The van der Waals surface area contributed by atoms with E-state index in [4.69, 9.17) is 9.47 Å². The van der Waals surface area contributed by atoms with Crippen molar-refractivity contribution in [2.75, 3.05) is 26.4 Å². The number of nitrogens with zero attached hydrogens (tertiary/aromatic N) is 4. The van der Waals surface area contributed by atoms with Gasteiger partial charge in [-0.15, -0.1) is 0 Å². The zero-order valence-electron chi connectivity index (χ0n) is 14.1. The minimum absolute atomic E-state index is 0.0326. The number of morpholine rings is 1. The normalized spacial score (nSPS) is 23.8. The Bertz CT molecular complexity index is 712. The van der Waals surface area contributed by atoms with Crippen molar-refractivity contribution in [3.63, 3.8) is 0 Å².